The zero-order valence-corrected chi connectivity index (χ0v) is 46.9. The van der Waals surface area contributed by atoms with Crippen LogP contribution in [-0.4, -0.2) is 0 Å². The molecule has 3 aromatic heterocycles. The lowest BCUT2D eigenvalue weighted by Gasteiger charge is -2.15. The maximum absolute atomic E-state index is 7.01. The van der Waals surface area contributed by atoms with E-state index >= 15 is 0 Å². The molecule has 0 radical (unpaired) electrons. The van der Waals surface area contributed by atoms with E-state index in [1.165, 1.54) is 48.5 Å². The summed E-state index contributed by atoms with van der Waals surface area (Å²) in [5, 5.41) is 20.9. The summed E-state index contributed by atoms with van der Waals surface area (Å²) in [4.78, 5) is 0. The Hall–Kier alpha value is -11.5. The van der Waals surface area contributed by atoms with Gasteiger partial charge in [-0.2, -0.15) is 0 Å². The summed E-state index contributed by atoms with van der Waals surface area (Å²) >= 11 is 0. The van der Waals surface area contributed by atoms with Gasteiger partial charge in [0.25, 0.3) is 0 Å². The van der Waals surface area contributed by atoms with E-state index in [4.69, 9.17) is 13.3 Å². The van der Waals surface area contributed by atoms with Gasteiger partial charge in [-0.3, -0.25) is 0 Å². The van der Waals surface area contributed by atoms with Crippen LogP contribution in [-0.2, 0) is 0 Å². The maximum Gasteiger partial charge on any atom is 0.143 e. The molecule has 402 valence electrons. The minimum atomic E-state index is 0.885. The van der Waals surface area contributed by atoms with Crippen LogP contribution in [0.4, 0.5) is 0 Å². The number of furan rings is 3. The molecule has 0 N–H and O–H groups in total. The van der Waals surface area contributed by atoms with Crippen molar-refractivity contribution in [1.29, 1.82) is 0 Å². The van der Waals surface area contributed by atoms with Crippen molar-refractivity contribution < 1.29 is 13.3 Å². The third-order valence-corrected chi connectivity index (χ3v) is 18.4. The quantitative estimate of drug-likeness (QED) is 0.167. The fourth-order valence-electron chi connectivity index (χ4n) is 14.3. The normalized spacial score (nSPS) is 12.1. The van der Waals surface area contributed by atoms with Gasteiger partial charge in [0.05, 0.1) is 0 Å². The van der Waals surface area contributed by atoms with Crippen molar-refractivity contribution in [2.75, 3.05) is 0 Å². The van der Waals surface area contributed by atoms with Crippen LogP contribution < -0.4 is 0 Å². The van der Waals surface area contributed by atoms with Crippen LogP contribution in [0.3, 0.4) is 0 Å². The second-order valence-electron chi connectivity index (χ2n) is 23.5. The number of fused-ring (bicyclic) bond motifs is 18. The molecule has 3 heteroatoms. The first-order valence-electron chi connectivity index (χ1n) is 29.8. The Morgan fingerprint density at radius 3 is 0.701 bits per heavy atom. The highest BCUT2D eigenvalue weighted by molar-refractivity contribution is 6.27. The summed E-state index contributed by atoms with van der Waals surface area (Å²) in [7, 11) is 0. The molecule has 0 saturated heterocycles. The molecule has 0 saturated carbocycles. The Labute approximate surface area is 498 Å². The van der Waals surface area contributed by atoms with Crippen LogP contribution in [0.25, 0.3) is 197 Å². The summed E-state index contributed by atoms with van der Waals surface area (Å²) < 4.78 is 21.0. The Morgan fingerprint density at radius 1 is 0.161 bits per heavy atom. The van der Waals surface area contributed by atoms with Crippen LogP contribution in [0, 0.1) is 0 Å². The highest BCUT2D eigenvalue weighted by Gasteiger charge is 2.22. The van der Waals surface area contributed by atoms with Crippen molar-refractivity contribution in [2.45, 2.75) is 0 Å². The summed E-state index contributed by atoms with van der Waals surface area (Å²) in [6, 6.07) is 106. The predicted molar refractivity (Wildman–Crippen MR) is 366 cm³/mol. The van der Waals surface area contributed by atoms with E-state index in [9.17, 15) is 0 Å². The van der Waals surface area contributed by atoms with Gasteiger partial charge >= 0.3 is 0 Å². The zero-order chi connectivity index (χ0) is 56.8. The number of hydrogen-bond donors (Lipinski definition) is 0. The van der Waals surface area contributed by atoms with E-state index in [2.05, 4.69) is 291 Å². The molecule has 0 fully saturated rings. The standard InChI is InChI=1S/C84H48O3/c1-4-19-55-46-76-73(40-52(55)16-1)79-67-31-10-7-22-61(67)43-70(82(79)85-76)58-28-13-25-49(34-58)64-37-65(50-26-14-29-59(35-50)71-44-62-23-8-11-32-68(62)80-74-41-53-17-2-5-20-56(53)47-77(74)86-83(71)80)39-66(38-64)51-27-15-30-60(36-51)72-45-63-24-9-12-33-69(63)81-75-42-54-18-3-6-21-57(54)48-78(75)87-84(72)81/h1-48H. The molecule has 16 aromatic carbocycles. The summed E-state index contributed by atoms with van der Waals surface area (Å²) in [5.74, 6) is 0. The van der Waals surface area contributed by atoms with Gasteiger partial charge in [-0.05, 0) is 206 Å². The van der Waals surface area contributed by atoms with Crippen molar-refractivity contribution in [2.24, 2.45) is 0 Å². The highest BCUT2D eigenvalue weighted by Crippen LogP contribution is 2.48. The molecule has 0 spiro atoms. The molecule has 0 aliphatic rings. The number of rotatable bonds is 6. The molecule has 19 rings (SSSR count). The van der Waals surface area contributed by atoms with E-state index in [-0.39, 0.29) is 0 Å². The van der Waals surface area contributed by atoms with Crippen molar-refractivity contribution in [1.82, 2.24) is 0 Å². The van der Waals surface area contributed by atoms with Gasteiger partial charge in [-0.25, -0.2) is 0 Å². The molecule has 3 nitrogen and oxygen atoms in total. The highest BCUT2D eigenvalue weighted by atomic mass is 16.3. The Bertz CT molecular complexity index is 5540. The van der Waals surface area contributed by atoms with Crippen molar-refractivity contribution in [3.05, 3.63) is 291 Å². The molecule has 0 aliphatic heterocycles. The van der Waals surface area contributed by atoms with Crippen LogP contribution >= 0.6 is 0 Å². The molecule has 0 unspecified atom stereocenters. The lowest BCUT2D eigenvalue weighted by molar-refractivity contribution is 0.670. The summed E-state index contributed by atoms with van der Waals surface area (Å²) in [6.07, 6.45) is 0. The summed E-state index contributed by atoms with van der Waals surface area (Å²) in [6.45, 7) is 0. The largest absolute Gasteiger partial charge is 0.455 e. The molecule has 87 heavy (non-hydrogen) atoms. The van der Waals surface area contributed by atoms with E-state index in [0.29, 0.717) is 0 Å². The topological polar surface area (TPSA) is 39.4 Å². The molecule has 3 heterocycles. The van der Waals surface area contributed by atoms with Crippen LogP contribution in [0.5, 0.6) is 0 Å². The average molecular weight is 1110 g/mol. The predicted octanol–water partition coefficient (Wildman–Crippen LogP) is 24.3. The van der Waals surface area contributed by atoms with E-state index in [0.717, 1.165) is 149 Å². The molecule has 0 aliphatic carbocycles. The summed E-state index contributed by atoms with van der Waals surface area (Å²) in [5.41, 5.74) is 18.4. The van der Waals surface area contributed by atoms with Crippen molar-refractivity contribution in [3.63, 3.8) is 0 Å². The van der Waals surface area contributed by atoms with Gasteiger partial charge < -0.3 is 13.3 Å². The Morgan fingerprint density at radius 2 is 0.402 bits per heavy atom. The van der Waals surface area contributed by atoms with Crippen LogP contribution in [0.15, 0.2) is 304 Å². The van der Waals surface area contributed by atoms with Gasteiger partial charge in [-0.15, -0.1) is 0 Å². The average Bonchev–Trinajstić information content (AvgIpc) is 1.83. The minimum Gasteiger partial charge on any atom is -0.455 e. The van der Waals surface area contributed by atoms with Gasteiger partial charge in [0.2, 0.25) is 0 Å². The van der Waals surface area contributed by atoms with Crippen molar-refractivity contribution >= 4 is 130 Å². The fraction of sp³-hybridized carbons (Fsp3) is 0. The lowest BCUT2D eigenvalue weighted by atomic mass is 9.89. The first kappa shape index (κ1) is 47.9. The third-order valence-electron chi connectivity index (χ3n) is 18.4. The Kier molecular flexibility index (Phi) is 10.2. The molecule has 0 bridgehead atoms. The monoisotopic (exact) mass is 1100 g/mol. The number of hydrogen-bond acceptors (Lipinski definition) is 3. The lowest BCUT2D eigenvalue weighted by Crippen LogP contribution is -1.89. The molecular formula is C84H48O3. The first-order valence-corrected chi connectivity index (χ1v) is 29.8. The SMILES string of the molecule is c1cc(-c2cc(-c3cccc(-c4cc5ccccc5c5c4oc4cc6ccccc6cc45)c3)cc(-c3cccc(-c4cc5ccccc5c5c4oc4cc6ccccc6cc45)c3)c2)cc(-c2cc3ccccc3c3c2oc2cc4ccccc4cc23)c1. The molecule has 0 atom stereocenters. The van der Waals surface area contributed by atoms with E-state index in [1.807, 2.05) is 0 Å². The van der Waals surface area contributed by atoms with Gasteiger partial charge in [0, 0.05) is 49.0 Å². The van der Waals surface area contributed by atoms with Gasteiger partial charge in [0.15, 0.2) is 0 Å². The van der Waals surface area contributed by atoms with Gasteiger partial charge in [-0.1, -0.05) is 200 Å². The molecule has 19 aromatic rings. The fourth-order valence-corrected chi connectivity index (χ4v) is 14.3. The maximum atomic E-state index is 7.01. The number of benzene rings is 16. The minimum absolute atomic E-state index is 0.885. The first-order chi connectivity index (χ1) is 43.0. The second-order valence-corrected chi connectivity index (χ2v) is 23.5. The van der Waals surface area contributed by atoms with E-state index < -0.39 is 0 Å². The van der Waals surface area contributed by atoms with Crippen LogP contribution in [0.1, 0.15) is 0 Å². The van der Waals surface area contributed by atoms with Gasteiger partial charge in [0.1, 0.15) is 33.5 Å². The third kappa shape index (κ3) is 7.50. The second kappa shape index (κ2) is 18.5. The van der Waals surface area contributed by atoms with E-state index in [1.54, 1.807) is 0 Å². The zero-order valence-electron chi connectivity index (χ0n) is 46.9. The molecular weight excluding hydrogens is 1060 g/mol. The van der Waals surface area contributed by atoms with Crippen LogP contribution in [0.2, 0.25) is 0 Å². The molecule has 0 amide bonds. The van der Waals surface area contributed by atoms with Crippen molar-refractivity contribution in [3.8, 4) is 66.8 Å². The Balaban J connectivity index is 0.813. The smallest absolute Gasteiger partial charge is 0.143 e.